The molecule has 0 heterocycles. The Hall–Kier alpha value is 0.270. The van der Waals surface area contributed by atoms with Gasteiger partial charge in [0.25, 0.3) is 0 Å². The van der Waals surface area contributed by atoms with Gasteiger partial charge >= 0.3 is 12.4 Å². The first-order valence-corrected chi connectivity index (χ1v) is 7.50. The minimum absolute atomic E-state index is 0.132. The highest BCUT2D eigenvalue weighted by Crippen LogP contribution is 2.42. The Morgan fingerprint density at radius 3 is 1.63 bits per heavy atom. The van der Waals surface area contributed by atoms with E-state index in [-0.39, 0.29) is 17.3 Å². The van der Waals surface area contributed by atoms with Crippen LogP contribution in [0.1, 0.15) is 38.5 Å². The van der Waals surface area contributed by atoms with Crippen molar-refractivity contribution < 1.29 is 31.1 Å². The molecule has 0 atom stereocenters. The van der Waals surface area contributed by atoms with Crippen molar-refractivity contribution in [1.82, 2.24) is 0 Å². The van der Waals surface area contributed by atoms with E-state index in [2.05, 4.69) is 4.74 Å². The van der Waals surface area contributed by atoms with Crippen LogP contribution in [-0.2, 0) is 4.74 Å². The Bertz CT molecular complexity index is 266. The van der Waals surface area contributed by atoms with Crippen molar-refractivity contribution >= 4 is 22.6 Å². The van der Waals surface area contributed by atoms with E-state index >= 15 is 0 Å². The van der Waals surface area contributed by atoms with E-state index in [4.69, 9.17) is 0 Å². The van der Waals surface area contributed by atoms with Gasteiger partial charge in [0.1, 0.15) is 0 Å². The molecule has 0 saturated heterocycles. The van der Waals surface area contributed by atoms with Crippen molar-refractivity contribution in [3.63, 3.8) is 0 Å². The molecule has 0 amide bonds. The molecule has 19 heavy (non-hydrogen) atoms. The summed E-state index contributed by atoms with van der Waals surface area (Å²) in [4.78, 5) is 0. The molecule has 114 valence electrons. The Balaban J connectivity index is 2.92. The van der Waals surface area contributed by atoms with Crippen LogP contribution in [0.4, 0.5) is 26.3 Å². The van der Waals surface area contributed by atoms with Crippen LogP contribution >= 0.6 is 22.6 Å². The first-order valence-electron chi connectivity index (χ1n) is 5.98. The second kappa shape index (κ2) is 6.36. The average molecular weight is 404 g/mol. The summed E-state index contributed by atoms with van der Waals surface area (Å²) in [6, 6.07) is 0. The maximum absolute atomic E-state index is 12.5. The maximum atomic E-state index is 12.5. The molecule has 1 nitrogen and oxygen atoms in total. The lowest BCUT2D eigenvalue weighted by Gasteiger charge is -2.36. The van der Waals surface area contributed by atoms with E-state index in [1.54, 1.807) is 22.6 Å². The molecule has 0 spiro atoms. The lowest BCUT2D eigenvalue weighted by atomic mass is 9.96. The van der Waals surface area contributed by atoms with Crippen LogP contribution in [0.5, 0.6) is 0 Å². The zero-order valence-corrected chi connectivity index (χ0v) is 12.2. The molecular weight excluding hydrogens is 389 g/mol. The quantitative estimate of drug-likeness (QED) is 0.278. The van der Waals surface area contributed by atoms with Crippen LogP contribution in [0, 0.1) is 0 Å². The minimum atomic E-state index is -5.43. The van der Waals surface area contributed by atoms with E-state index in [0.717, 1.165) is 12.8 Å². The number of alkyl halides is 7. The minimum Gasteiger partial charge on any atom is -0.353 e. The van der Waals surface area contributed by atoms with Crippen molar-refractivity contribution in [3.8, 4) is 0 Å². The van der Waals surface area contributed by atoms with Gasteiger partial charge in [0.2, 0.25) is 6.10 Å². The lowest BCUT2D eigenvalue weighted by molar-refractivity contribution is -0.343. The van der Waals surface area contributed by atoms with Crippen molar-refractivity contribution in [2.45, 2.75) is 62.6 Å². The van der Waals surface area contributed by atoms with Gasteiger partial charge in [-0.1, -0.05) is 48.3 Å². The molecule has 0 aliphatic heterocycles. The van der Waals surface area contributed by atoms with Crippen LogP contribution in [-0.4, -0.2) is 28.5 Å². The molecular formula is C11H15F6IO. The van der Waals surface area contributed by atoms with Gasteiger partial charge in [0.15, 0.2) is 0 Å². The van der Waals surface area contributed by atoms with Gasteiger partial charge in [-0.05, 0) is 12.8 Å². The van der Waals surface area contributed by atoms with Gasteiger partial charge in [-0.15, -0.1) is 0 Å². The summed E-state index contributed by atoms with van der Waals surface area (Å²) in [6.45, 7) is 0. The number of rotatable bonds is 3. The van der Waals surface area contributed by atoms with Gasteiger partial charge < -0.3 is 4.74 Å². The second-order valence-corrected chi connectivity index (χ2v) is 5.57. The average Bonchev–Trinajstić information content (AvgIpc) is 2.49. The third-order valence-electron chi connectivity index (χ3n) is 3.22. The molecule has 1 saturated carbocycles. The first-order chi connectivity index (χ1) is 8.61. The van der Waals surface area contributed by atoms with Crippen molar-refractivity contribution in [1.29, 1.82) is 0 Å². The monoisotopic (exact) mass is 404 g/mol. The predicted molar refractivity (Wildman–Crippen MR) is 66.3 cm³/mol. The third kappa shape index (κ3) is 4.95. The third-order valence-corrected chi connectivity index (χ3v) is 4.61. The summed E-state index contributed by atoms with van der Waals surface area (Å²) < 4.78 is 79.9. The highest BCUT2D eigenvalue weighted by molar-refractivity contribution is 14.1. The summed E-state index contributed by atoms with van der Waals surface area (Å²) in [6.07, 6.45) is -11.2. The topological polar surface area (TPSA) is 9.23 Å². The molecule has 0 aromatic heterocycles. The summed E-state index contributed by atoms with van der Waals surface area (Å²) in [5, 5.41) is 0. The first kappa shape index (κ1) is 17.3. The fourth-order valence-electron chi connectivity index (χ4n) is 2.23. The maximum Gasteiger partial charge on any atom is 0.423 e. The van der Waals surface area contributed by atoms with E-state index in [9.17, 15) is 26.3 Å². The van der Waals surface area contributed by atoms with E-state index < -0.39 is 24.1 Å². The molecule has 1 rings (SSSR count). The SMILES string of the molecule is FC(F)(F)C(OC1(CI)CCCCCC1)C(F)(F)F. The van der Waals surface area contributed by atoms with E-state index in [1.807, 2.05) is 0 Å². The molecule has 1 aliphatic carbocycles. The van der Waals surface area contributed by atoms with Crippen LogP contribution in [0.2, 0.25) is 0 Å². The van der Waals surface area contributed by atoms with Gasteiger partial charge in [-0.2, -0.15) is 26.3 Å². The highest BCUT2D eigenvalue weighted by Gasteiger charge is 2.60. The zero-order valence-electron chi connectivity index (χ0n) is 10.1. The Morgan fingerprint density at radius 2 is 1.32 bits per heavy atom. The van der Waals surface area contributed by atoms with Crippen LogP contribution < -0.4 is 0 Å². The van der Waals surface area contributed by atoms with Gasteiger partial charge in [-0.25, -0.2) is 0 Å². The number of ether oxygens (including phenoxy) is 1. The smallest absolute Gasteiger partial charge is 0.353 e. The number of hydrogen-bond donors (Lipinski definition) is 0. The molecule has 0 bridgehead atoms. The Kier molecular flexibility index (Phi) is 5.80. The van der Waals surface area contributed by atoms with Crippen molar-refractivity contribution in [3.05, 3.63) is 0 Å². The Morgan fingerprint density at radius 1 is 0.895 bits per heavy atom. The van der Waals surface area contributed by atoms with E-state index in [1.165, 1.54) is 0 Å². The number of halogens is 7. The molecule has 0 N–H and O–H groups in total. The Labute approximate surface area is 121 Å². The van der Waals surface area contributed by atoms with Gasteiger partial charge in [0, 0.05) is 4.43 Å². The fourth-order valence-corrected chi connectivity index (χ4v) is 3.17. The van der Waals surface area contributed by atoms with Crippen LogP contribution in [0.15, 0.2) is 0 Å². The van der Waals surface area contributed by atoms with Gasteiger partial charge in [0.05, 0.1) is 5.60 Å². The zero-order chi connectivity index (χ0) is 14.7. The largest absolute Gasteiger partial charge is 0.423 e. The standard InChI is InChI=1S/C11H15F6IO/c12-10(13,14)8(11(15,16)17)19-9(7-18)5-3-1-2-4-6-9/h8H,1-7H2. The predicted octanol–water partition coefficient (Wildman–Crippen LogP) is 5.02. The molecule has 0 aromatic rings. The fraction of sp³-hybridized carbons (Fsp3) is 1.00. The molecule has 0 unspecified atom stereocenters. The van der Waals surface area contributed by atoms with Crippen molar-refractivity contribution in [2.24, 2.45) is 0 Å². The normalized spacial score (nSPS) is 21.5. The second-order valence-electron chi connectivity index (χ2n) is 4.81. The van der Waals surface area contributed by atoms with Crippen LogP contribution in [0.25, 0.3) is 0 Å². The summed E-state index contributed by atoms with van der Waals surface area (Å²) in [5.74, 6) is 0. The van der Waals surface area contributed by atoms with Crippen LogP contribution in [0.3, 0.4) is 0 Å². The van der Waals surface area contributed by atoms with Gasteiger partial charge in [-0.3, -0.25) is 0 Å². The summed E-state index contributed by atoms with van der Waals surface area (Å²) >= 11 is 1.81. The van der Waals surface area contributed by atoms with Crippen molar-refractivity contribution in [2.75, 3.05) is 4.43 Å². The lowest BCUT2D eigenvalue weighted by Crippen LogP contribution is -2.51. The molecule has 1 fully saturated rings. The van der Waals surface area contributed by atoms with E-state index in [0.29, 0.717) is 12.8 Å². The molecule has 1 aliphatic rings. The summed E-state index contributed by atoms with van der Waals surface area (Å²) in [5.41, 5.74) is -1.31. The molecule has 8 heteroatoms. The molecule has 0 radical (unpaired) electrons. The summed E-state index contributed by atoms with van der Waals surface area (Å²) in [7, 11) is 0. The molecule has 0 aromatic carbocycles. The highest BCUT2D eigenvalue weighted by atomic mass is 127. The number of hydrogen-bond acceptors (Lipinski definition) is 1.